The number of ether oxygens (including phenoxy) is 1. The van der Waals surface area contributed by atoms with Gasteiger partial charge in [-0.15, -0.1) is 5.10 Å². The van der Waals surface area contributed by atoms with Gasteiger partial charge in [-0.1, -0.05) is 12.1 Å². The zero-order valence-electron chi connectivity index (χ0n) is 11.2. The number of carbonyl (C=O) groups excluding carboxylic acids is 1. The maximum absolute atomic E-state index is 13.0. The van der Waals surface area contributed by atoms with Gasteiger partial charge in [0.2, 0.25) is 0 Å². The van der Waals surface area contributed by atoms with Crippen molar-refractivity contribution >= 4 is 11.7 Å². The molecule has 0 fully saturated rings. The van der Waals surface area contributed by atoms with E-state index in [0.29, 0.717) is 11.3 Å². The second-order valence-electron chi connectivity index (χ2n) is 4.44. The van der Waals surface area contributed by atoms with Gasteiger partial charge < -0.3 is 4.74 Å². The quantitative estimate of drug-likeness (QED) is 0.688. The lowest BCUT2D eigenvalue weighted by Crippen LogP contribution is -2.08. The highest BCUT2D eigenvalue weighted by atomic mass is 19.1. The van der Waals surface area contributed by atoms with E-state index in [1.165, 1.54) is 16.6 Å². The van der Waals surface area contributed by atoms with E-state index in [1.807, 2.05) is 6.92 Å². The molecule has 0 spiro atoms. The summed E-state index contributed by atoms with van der Waals surface area (Å²) in [6.45, 7) is 1.78. The van der Waals surface area contributed by atoms with Crippen molar-refractivity contribution in [3.05, 3.63) is 59.4 Å². The maximum Gasteiger partial charge on any atom is 0.378 e. The highest BCUT2D eigenvalue weighted by molar-refractivity contribution is 5.85. The molecule has 6 nitrogen and oxygen atoms in total. The van der Waals surface area contributed by atoms with Crippen LogP contribution in [0.4, 0.5) is 4.39 Å². The van der Waals surface area contributed by atoms with Crippen LogP contribution in [0, 0.1) is 12.7 Å². The summed E-state index contributed by atoms with van der Waals surface area (Å²) in [7, 11) is 0. The third-order valence-corrected chi connectivity index (χ3v) is 2.87. The van der Waals surface area contributed by atoms with Crippen molar-refractivity contribution in [2.45, 2.75) is 13.5 Å². The summed E-state index contributed by atoms with van der Waals surface area (Å²) >= 11 is 0. The average Bonchev–Trinajstić information content (AvgIpc) is 2.90. The summed E-state index contributed by atoms with van der Waals surface area (Å²) < 4.78 is 19.5. The molecule has 3 rings (SSSR count). The minimum absolute atomic E-state index is 0.0431. The number of esters is 1. The van der Waals surface area contributed by atoms with Crippen molar-refractivity contribution in [1.29, 1.82) is 0 Å². The lowest BCUT2D eigenvalue weighted by molar-refractivity contribution is 0.0458. The first-order chi connectivity index (χ1) is 10.1. The number of halogens is 1. The van der Waals surface area contributed by atoms with Crippen molar-refractivity contribution in [2.75, 3.05) is 0 Å². The van der Waals surface area contributed by atoms with E-state index in [-0.39, 0.29) is 18.2 Å². The van der Waals surface area contributed by atoms with E-state index in [4.69, 9.17) is 4.74 Å². The van der Waals surface area contributed by atoms with E-state index in [0.717, 1.165) is 5.69 Å². The molecule has 0 aliphatic rings. The summed E-state index contributed by atoms with van der Waals surface area (Å²) in [5, 5.41) is 4.04. The van der Waals surface area contributed by atoms with Gasteiger partial charge in [0, 0.05) is 11.9 Å². The van der Waals surface area contributed by atoms with E-state index < -0.39 is 5.97 Å². The van der Waals surface area contributed by atoms with Crippen molar-refractivity contribution < 1.29 is 13.9 Å². The lowest BCUT2D eigenvalue weighted by atomic mass is 10.2. The maximum atomic E-state index is 13.0. The normalized spacial score (nSPS) is 10.8. The van der Waals surface area contributed by atoms with E-state index in [9.17, 15) is 9.18 Å². The molecule has 106 valence electrons. The number of fused-ring (bicyclic) bond motifs is 1. The minimum atomic E-state index is -0.677. The lowest BCUT2D eigenvalue weighted by Gasteiger charge is -2.02. The van der Waals surface area contributed by atoms with Gasteiger partial charge in [0.05, 0.1) is 0 Å². The number of carbonyl (C=O) groups is 1. The van der Waals surface area contributed by atoms with E-state index in [2.05, 4.69) is 15.1 Å². The molecule has 2 heterocycles. The first-order valence-corrected chi connectivity index (χ1v) is 6.23. The number of nitrogens with zero attached hydrogens (tertiary/aromatic N) is 4. The van der Waals surface area contributed by atoms with Gasteiger partial charge in [-0.05, 0) is 30.7 Å². The molecule has 0 unspecified atom stereocenters. The van der Waals surface area contributed by atoms with Gasteiger partial charge in [-0.2, -0.15) is 4.98 Å². The van der Waals surface area contributed by atoms with Crippen LogP contribution in [0.25, 0.3) is 5.78 Å². The Morgan fingerprint density at radius 3 is 3.00 bits per heavy atom. The molecule has 21 heavy (non-hydrogen) atoms. The van der Waals surface area contributed by atoms with Crippen molar-refractivity contribution in [3.8, 4) is 0 Å². The molecule has 0 saturated carbocycles. The molecule has 1 aromatic carbocycles. The average molecular weight is 286 g/mol. The Labute approximate surface area is 119 Å². The number of aryl methyl sites for hydroxylation is 1. The summed E-state index contributed by atoms with van der Waals surface area (Å²) in [5.41, 5.74) is 1.36. The number of hydrogen-bond acceptors (Lipinski definition) is 5. The second kappa shape index (κ2) is 5.28. The first-order valence-electron chi connectivity index (χ1n) is 6.23. The minimum Gasteiger partial charge on any atom is -0.455 e. The van der Waals surface area contributed by atoms with Crippen LogP contribution in [-0.4, -0.2) is 25.6 Å². The summed E-state index contributed by atoms with van der Waals surface area (Å²) in [5.74, 6) is -0.806. The third kappa shape index (κ3) is 2.71. The van der Waals surface area contributed by atoms with Crippen molar-refractivity contribution in [3.63, 3.8) is 0 Å². The van der Waals surface area contributed by atoms with Gasteiger partial charge in [0.1, 0.15) is 12.4 Å². The fourth-order valence-corrected chi connectivity index (χ4v) is 1.83. The molecular formula is C14H11FN4O2. The Morgan fingerprint density at radius 2 is 2.24 bits per heavy atom. The van der Waals surface area contributed by atoms with E-state index in [1.54, 1.807) is 24.4 Å². The molecule has 0 aliphatic carbocycles. The first kappa shape index (κ1) is 13.2. The van der Waals surface area contributed by atoms with Crippen LogP contribution in [0.2, 0.25) is 0 Å². The van der Waals surface area contributed by atoms with Crippen LogP contribution < -0.4 is 0 Å². The Hall–Kier alpha value is -2.83. The molecule has 0 saturated heterocycles. The SMILES string of the molecule is Cc1ccnc2nc(C(=O)OCc3cccc(F)c3)nn12. The molecule has 7 heteroatoms. The van der Waals surface area contributed by atoms with Crippen molar-refractivity contribution in [1.82, 2.24) is 19.6 Å². The highest BCUT2D eigenvalue weighted by Gasteiger charge is 2.16. The predicted octanol–water partition coefficient (Wildman–Crippen LogP) is 1.93. The molecular weight excluding hydrogens is 275 g/mol. The van der Waals surface area contributed by atoms with Crippen LogP contribution in [-0.2, 0) is 11.3 Å². The third-order valence-electron chi connectivity index (χ3n) is 2.87. The number of benzene rings is 1. The van der Waals surface area contributed by atoms with Gasteiger partial charge in [-0.25, -0.2) is 18.7 Å². The smallest absolute Gasteiger partial charge is 0.378 e. The van der Waals surface area contributed by atoms with Crippen LogP contribution in [0.1, 0.15) is 21.9 Å². The standard InChI is InChI=1S/C14H11FN4O2/c1-9-5-6-16-14-17-12(18-19(9)14)13(20)21-8-10-3-2-4-11(15)7-10/h2-7H,8H2,1H3. The fraction of sp³-hybridized carbons (Fsp3) is 0.143. The van der Waals surface area contributed by atoms with Gasteiger partial charge in [0.25, 0.3) is 11.6 Å². The molecule has 0 aliphatic heterocycles. The number of hydrogen-bond donors (Lipinski definition) is 0. The Morgan fingerprint density at radius 1 is 1.38 bits per heavy atom. The molecule has 0 atom stereocenters. The molecule has 2 aromatic heterocycles. The Balaban J connectivity index is 1.76. The van der Waals surface area contributed by atoms with Gasteiger partial charge in [0.15, 0.2) is 0 Å². The van der Waals surface area contributed by atoms with Crippen LogP contribution in [0.5, 0.6) is 0 Å². The van der Waals surface area contributed by atoms with E-state index >= 15 is 0 Å². The molecule has 3 aromatic rings. The molecule has 0 amide bonds. The fourth-order valence-electron chi connectivity index (χ4n) is 1.83. The van der Waals surface area contributed by atoms with Gasteiger partial charge >= 0.3 is 5.97 Å². The monoisotopic (exact) mass is 286 g/mol. The number of rotatable bonds is 3. The number of aromatic nitrogens is 4. The largest absolute Gasteiger partial charge is 0.455 e. The van der Waals surface area contributed by atoms with Gasteiger partial charge in [-0.3, -0.25) is 0 Å². The molecule has 0 radical (unpaired) electrons. The highest BCUT2D eigenvalue weighted by Crippen LogP contribution is 2.07. The molecule has 0 N–H and O–H groups in total. The summed E-state index contributed by atoms with van der Waals surface area (Å²) in [6, 6.07) is 7.59. The molecule has 0 bridgehead atoms. The second-order valence-corrected chi connectivity index (χ2v) is 4.44. The van der Waals surface area contributed by atoms with Crippen LogP contribution in [0.3, 0.4) is 0 Å². The zero-order valence-corrected chi connectivity index (χ0v) is 11.2. The zero-order chi connectivity index (χ0) is 14.8. The van der Waals surface area contributed by atoms with Crippen LogP contribution in [0.15, 0.2) is 36.5 Å². The summed E-state index contributed by atoms with van der Waals surface area (Å²) in [6.07, 6.45) is 1.58. The Kier molecular flexibility index (Phi) is 3.31. The summed E-state index contributed by atoms with van der Waals surface area (Å²) in [4.78, 5) is 19.9. The Bertz CT molecular complexity index is 816. The predicted molar refractivity (Wildman–Crippen MR) is 71.0 cm³/mol. The van der Waals surface area contributed by atoms with Crippen LogP contribution >= 0.6 is 0 Å². The van der Waals surface area contributed by atoms with Crippen molar-refractivity contribution in [2.24, 2.45) is 0 Å². The topological polar surface area (TPSA) is 69.4 Å².